The molecule has 2 heterocycles. The summed E-state index contributed by atoms with van der Waals surface area (Å²) in [6, 6.07) is 16.0. The Kier molecular flexibility index (Phi) is 3.63. The minimum absolute atomic E-state index is 0.336. The molecule has 0 aliphatic rings. The highest BCUT2D eigenvalue weighted by molar-refractivity contribution is 5.81. The zero-order valence-corrected chi connectivity index (χ0v) is 13.3. The van der Waals surface area contributed by atoms with Gasteiger partial charge >= 0.3 is 5.76 Å². The van der Waals surface area contributed by atoms with E-state index in [0.29, 0.717) is 12.1 Å². The SMILES string of the molecule is Cn1c(=O)oc2cc(CNCc3cccc4cccnc34)ccc21. The lowest BCUT2D eigenvalue weighted by Gasteiger charge is -2.08. The van der Waals surface area contributed by atoms with Gasteiger partial charge in [0.15, 0.2) is 5.58 Å². The van der Waals surface area contributed by atoms with E-state index in [9.17, 15) is 4.79 Å². The van der Waals surface area contributed by atoms with Crippen LogP contribution >= 0.6 is 0 Å². The molecule has 0 radical (unpaired) electrons. The van der Waals surface area contributed by atoms with Crippen molar-refractivity contribution >= 4 is 22.0 Å². The zero-order valence-electron chi connectivity index (χ0n) is 13.3. The first-order valence-electron chi connectivity index (χ1n) is 7.84. The van der Waals surface area contributed by atoms with Crippen LogP contribution in [0, 0.1) is 0 Å². The van der Waals surface area contributed by atoms with Gasteiger partial charge in [-0.25, -0.2) is 4.79 Å². The van der Waals surface area contributed by atoms with Gasteiger partial charge in [-0.3, -0.25) is 9.55 Å². The molecule has 0 atom stereocenters. The molecule has 4 aromatic rings. The van der Waals surface area contributed by atoms with Crippen molar-refractivity contribution in [2.45, 2.75) is 13.1 Å². The second-order valence-corrected chi connectivity index (χ2v) is 5.82. The number of rotatable bonds is 4. The molecular weight excluding hydrogens is 302 g/mol. The second kappa shape index (κ2) is 5.94. The van der Waals surface area contributed by atoms with Crippen LogP contribution in [0.2, 0.25) is 0 Å². The van der Waals surface area contributed by atoms with E-state index in [4.69, 9.17) is 4.42 Å². The van der Waals surface area contributed by atoms with Crippen LogP contribution < -0.4 is 11.1 Å². The summed E-state index contributed by atoms with van der Waals surface area (Å²) in [7, 11) is 1.71. The fraction of sp³-hybridized carbons (Fsp3) is 0.158. The van der Waals surface area contributed by atoms with E-state index in [0.717, 1.165) is 28.5 Å². The van der Waals surface area contributed by atoms with E-state index in [1.165, 1.54) is 10.1 Å². The fourth-order valence-electron chi connectivity index (χ4n) is 2.94. The molecule has 5 heteroatoms. The Labute approximate surface area is 138 Å². The molecule has 1 N–H and O–H groups in total. The van der Waals surface area contributed by atoms with E-state index in [1.807, 2.05) is 36.5 Å². The highest BCUT2D eigenvalue weighted by Gasteiger charge is 2.06. The van der Waals surface area contributed by atoms with Gasteiger partial charge in [0.25, 0.3) is 0 Å². The van der Waals surface area contributed by atoms with Gasteiger partial charge in [0.1, 0.15) is 0 Å². The number of benzene rings is 2. The fourth-order valence-corrected chi connectivity index (χ4v) is 2.94. The van der Waals surface area contributed by atoms with Crippen molar-refractivity contribution < 1.29 is 4.42 Å². The Morgan fingerprint density at radius 2 is 2.00 bits per heavy atom. The van der Waals surface area contributed by atoms with Crippen molar-refractivity contribution in [3.63, 3.8) is 0 Å². The predicted octanol–water partition coefficient (Wildman–Crippen LogP) is 2.97. The molecule has 0 fully saturated rings. The number of nitrogens with one attached hydrogen (secondary N) is 1. The standard InChI is InChI=1S/C19H17N3O2/c1-22-16-8-7-13(10-17(16)24-19(22)23)11-20-12-15-5-2-4-14-6-3-9-21-18(14)15/h2-10,20H,11-12H2,1H3. The summed E-state index contributed by atoms with van der Waals surface area (Å²) < 4.78 is 6.74. The van der Waals surface area contributed by atoms with Crippen molar-refractivity contribution in [1.82, 2.24) is 14.9 Å². The highest BCUT2D eigenvalue weighted by atomic mass is 16.4. The summed E-state index contributed by atoms with van der Waals surface area (Å²) in [5.41, 5.74) is 4.69. The van der Waals surface area contributed by atoms with Crippen LogP contribution in [-0.4, -0.2) is 9.55 Å². The quantitative estimate of drug-likeness (QED) is 0.628. The van der Waals surface area contributed by atoms with E-state index < -0.39 is 0 Å². The molecule has 0 amide bonds. The first-order valence-corrected chi connectivity index (χ1v) is 7.84. The second-order valence-electron chi connectivity index (χ2n) is 5.82. The Morgan fingerprint density at radius 3 is 2.92 bits per heavy atom. The van der Waals surface area contributed by atoms with Crippen LogP contribution in [0.1, 0.15) is 11.1 Å². The zero-order chi connectivity index (χ0) is 16.5. The van der Waals surface area contributed by atoms with E-state index in [-0.39, 0.29) is 5.76 Å². The monoisotopic (exact) mass is 319 g/mol. The maximum Gasteiger partial charge on any atom is 0.419 e. The Balaban J connectivity index is 1.52. The van der Waals surface area contributed by atoms with Crippen LogP contribution in [0.5, 0.6) is 0 Å². The maximum absolute atomic E-state index is 11.5. The molecule has 0 unspecified atom stereocenters. The molecule has 0 bridgehead atoms. The first kappa shape index (κ1) is 14.7. The first-order chi connectivity index (χ1) is 11.7. The largest absolute Gasteiger partial charge is 0.419 e. The molecule has 0 spiro atoms. The third kappa shape index (κ3) is 2.59. The van der Waals surface area contributed by atoms with Gasteiger partial charge < -0.3 is 9.73 Å². The van der Waals surface area contributed by atoms with E-state index in [2.05, 4.69) is 28.5 Å². The van der Waals surface area contributed by atoms with Crippen molar-refractivity contribution in [2.75, 3.05) is 0 Å². The number of hydrogen-bond donors (Lipinski definition) is 1. The summed E-state index contributed by atoms with van der Waals surface area (Å²) >= 11 is 0. The summed E-state index contributed by atoms with van der Waals surface area (Å²) in [5, 5.41) is 4.57. The lowest BCUT2D eigenvalue weighted by molar-refractivity contribution is 0.527. The van der Waals surface area contributed by atoms with Gasteiger partial charge in [-0.1, -0.05) is 30.3 Å². The van der Waals surface area contributed by atoms with Gasteiger partial charge in [-0.2, -0.15) is 0 Å². The summed E-state index contributed by atoms with van der Waals surface area (Å²) in [6.07, 6.45) is 1.82. The Bertz CT molecular complexity index is 1070. The topological polar surface area (TPSA) is 60.1 Å². The third-order valence-corrected chi connectivity index (χ3v) is 4.22. The number of fused-ring (bicyclic) bond motifs is 2. The van der Waals surface area contributed by atoms with Crippen molar-refractivity contribution in [3.8, 4) is 0 Å². The predicted molar refractivity (Wildman–Crippen MR) is 93.7 cm³/mol. The summed E-state index contributed by atoms with van der Waals surface area (Å²) in [5.74, 6) is -0.336. The van der Waals surface area contributed by atoms with E-state index in [1.54, 1.807) is 7.05 Å². The number of aromatic nitrogens is 2. The highest BCUT2D eigenvalue weighted by Crippen LogP contribution is 2.17. The number of para-hydroxylation sites is 1. The summed E-state index contributed by atoms with van der Waals surface area (Å²) in [4.78, 5) is 16.0. The lowest BCUT2D eigenvalue weighted by atomic mass is 10.1. The van der Waals surface area contributed by atoms with Crippen LogP contribution in [0.3, 0.4) is 0 Å². The van der Waals surface area contributed by atoms with Gasteiger partial charge in [0, 0.05) is 31.7 Å². The molecule has 120 valence electrons. The smallest absolute Gasteiger partial charge is 0.408 e. The molecule has 0 aliphatic heterocycles. The molecule has 4 rings (SSSR count). The van der Waals surface area contributed by atoms with Crippen LogP contribution in [-0.2, 0) is 20.1 Å². The van der Waals surface area contributed by atoms with Crippen molar-refractivity contribution in [1.29, 1.82) is 0 Å². The number of nitrogens with zero attached hydrogens (tertiary/aromatic N) is 2. The molecule has 24 heavy (non-hydrogen) atoms. The average molecular weight is 319 g/mol. The molecule has 0 saturated carbocycles. The maximum atomic E-state index is 11.5. The van der Waals surface area contributed by atoms with Gasteiger partial charge in [0.2, 0.25) is 0 Å². The molecule has 2 aromatic heterocycles. The van der Waals surface area contributed by atoms with Crippen molar-refractivity contribution in [3.05, 3.63) is 76.4 Å². The lowest BCUT2D eigenvalue weighted by Crippen LogP contribution is -2.13. The molecule has 0 aliphatic carbocycles. The Morgan fingerprint density at radius 1 is 1.12 bits per heavy atom. The number of hydrogen-bond acceptors (Lipinski definition) is 4. The van der Waals surface area contributed by atoms with Crippen LogP contribution in [0.4, 0.5) is 0 Å². The normalized spacial score (nSPS) is 11.4. The molecule has 5 nitrogen and oxygen atoms in total. The number of oxazole rings is 1. The van der Waals surface area contributed by atoms with Gasteiger partial charge in [-0.15, -0.1) is 0 Å². The number of pyridine rings is 1. The minimum atomic E-state index is -0.336. The van der Waals surface area contributed by atoms with Crippen molar-refractivity contribution in [2.24, 2.45) is 7.05 Å². The van der Waals surface area contributed by atoms with Crippen LogP contribution in [0.15, 0.2) is 63.9 Å². The molecule has 0 saturated heterocycles. The van der Waals surface area contributed by atoms with Gasteiger partial charge in [0.05, 0.1) is 11.0 Å². The third-order valence-electron chi connectivity index (χ3n) is 4.22. The minimum Gasteiger partial charge on any atom is -0.408 e. The summed E-state index contributed by atoms with van der Waals surface area (Å²) in [6.45, 7) is 1.42. The van der Waals surface area contributed by atoms with Gasteiger partial charge in [-0.05, 0) is 29.3 Å². The average Bonchev–Trinajstić information content (AvgIpc) is 2.89. The Hall–Kier alpha value is -2.92. The van der Waals surface area contributed by atoms with Crippen LogP contribution in [0.25, 0.3) is 22.0 Å². The number of aryl methyl sites for hydroxylation is 1. The molecular formula is C19H17N3O2. The van der Waals surface area contributed by atoms with E-state index >= 15 is 0 Å². The molecule has 2 aromatic carbocycles.